The van der Waals surface area contributed by atoms with Gasteiger partial charge in [-0.15, -0.1) is 0 Å². The number of nitrogen functional groups attached to an aromatic ring is 1. The number of anilines is 3. The lowest BCUT2D eigenvalue weighted by Gasteiger charge is -2.10. The van der Waals surface area contributed by atoms with Crippen molar-refractivity contribution in [3.8, 4) is 0 Å². The molecule has 0 aliphatic heterocycles. The fraction of sp³-hybridized carbons (Fsp3) is 0.0833. The van der Waals surface area contributed by atoms with Crippen LogP contribution in [-0.4, -0.2) is 4.98 Å². The summed E-state index contributed by atoms with van der Waals surface area (Å²) in [6.07, 6.45) is 1.38. The fourth-order valence-corrected chi connectivity index (χ4v) is 1.48. The summed E-state index contributed by atoms with van der Waals surface area (Å²) in [7, 11) is 0. The molecule has 0 aliphatic rings. The Labute approximate surface area is 101 Å². The van der Waals surface area contributed by atoms with E-state index in [1.807, 2.05) is 0 Å². The number of hydrogen-bond donors (Lipinski definition) is 2. The van der Waals surface area contributed by atoms with E-state index in [1.54, 1.807) is 13.0 Å². The van der Waals surface area contributed by atoms with Crippen molar-refractivity contribution in [3.63, 3.8) is 0 Å². The van der Waals surface area contributed by atoms with Crippen molar-refractivity contribution < 1.29 is 13.2 Å². The molecular weight excluding hydrogens is 243 g/mol. The Morgan fingerprint density at radius 2 is 1.89 bits per heavy atom. The predicted octanol–water partition coefficient (Wildman–Crippen LogP) is 3.13. The minimum Gasteiger partial charge on any atom is -0.397 e. The van der Waals surface area contributed by atoms with Crippen LogP contribution in [0.25, 0.3) is 0 Å². The van der Waals surface area contributed by atoms with Gasteiger partial charge in [0.15, 0.2) is 17.5 Å². The van der Waals surface area contributed by atoms with Crippen LogP contribution in [0, 0.1) is 24.4 Å². The third-order valence-corrected chi connectivity index (χ3v) is 2.39. The Hall–Kier alpha value is -2.24. The van der Waals surface area contributed by atoms with Crippen molar-refractivity contribution >= 4 is 17.2 Å². The van der Waals surface area contributed by atoms with Crippen molar-refractivity contribution in [2.24, 2.45) is 0 Å². The quantitative estimate of drug-likeness (QED) is 0.808. The molecule has 6 heteroatoms. The van der Waals surface area contributed by atoms with E-state index < -0.39 is 17.5 Å². The van der Waals surface area contributed by atoms with Crippen LogP contribution in [0.5, 0.6) is 0 Å². The Kier molecular flexibility index (Phi) is 3.10. The highest BCUT2D eigenvalue weighted by Gasteiger charge is 2.14. The summed E-state index contributed by atoms with van der Waals surface area (Å²) < 4.78 is 39.2. The maximum Gasteiger partial charge on any atom is 0.196 e. The number of rotatable bonds is 2. The van der Waals surface area contributed by atoms with E-state index in [2.05, 4.69) is 10.3 Å². The lowest BCUT2D eigenvalue weighted by molar-refractivity contribution is 0.449. The molecule has 0 saturated carbocycles. The largest absolute Gasteiger partial charge is 0.397 e. The number of hydrogen-bond acceptors (Lipinski definition) is 3. The van der Waals surface area contributed by atoms with Crippen LogP contribution < -0.4 is 11.1 Å². The van der Waals surface area contributed by atoms with Crippen LogP contribution in [0.1, 0.15) is 5.56 Å². The molecule has 0 atom stereocenters. The molecule has 0 unspecified atom stereocenters. The summed E-state index contributed by atoms with van der Waals surface area (Å²) in [5.41, 5.74) is 6.46. The fourth-order valence-electron chi connectivity index (χ4n) is 1.48. The van der Waals surface area contributed by atoms with Crippen LogP contribution in [0.4, 0.5) is 30.4 Å². The molecular formula is C12H10F3N3. The van der Waals surface area contributed by atoms with Crippen molar-refractivity contribution in [2.45, 2.75) is 6.92 Å². The Balaban J connectivity index is 2.37. The van der Waals surface area contributed by atoms with Crippen molar-refractivity contribution in [1.82, 2.24) is 4.98 Å². The van der Waals surface area contributed by atoms with Gasteiger partial charge in [0.1, 0.15) is 5.82 Å². The summed E-state index contributed by atoms with van der Waals surface area (Å²) in [6, 6.07) is 3.58. The first kappa shape index (κ1) is 12.2. The monoisotopic (exact) mass is 253 g/mol. The third-order valence-electron chi connectivity index (χ3n) is 2.39. The molecule has 94 valence electrons. The van der Waals surface area contributed by atoms with Crippen LogP contribution in [0.2, 0.25) is 0 Å². The standard InChI is InChI=1S/C12H10F3N3/c1-6-4-7(16)5-17-12(6)18-9-3-2-8(13)10(14)11(9)15/h2-5H,16H2,1H3,(H,17,18). The number of pyridine rings is 1. The maximum absolute atomic E-state index is 13.4. The van der Waals surface area contributed by atoms with Crippen LogP contribution in [-0.2, 0) is 0 Å². The first-order chi connectivity index (χ1) is 8.49. The van der Waals surface area contributed by atoms with Gasteiger partial charge in [-0.3, -0.25) is 0 Å². The second kappa shape index (κ2) is 4.56. The van der Waals surface area contributed by atoms with Gasteiger partial charge >= 0.3 is 0 Å². The summed E-state index contributed by atoms with van der Waals surface area (Å²) in [5.74, 6) is -3.71. The maximum atomic E-state index is 13.4. The number of aromatic nitrogens is 1. The molecule has 18 heavy (non-hydrogen) atoms. The van der Waals surface area contributed by atoms with Crippen LogP contribution in [0.15, 0.2) is 24.4 Å². The molecule has 1 aromatic carbocycles. The molecule has 0 spiro atoms. The SMILES string of the molecule is Cc1cc(N)cnc1Nc1ccc(F)c(F)c1F. The van der Waals surface area contributed by atoms with Gasteiger partial charge in [-0.05, 0) is 30.7 Å². The topological polar surface area (TPSA) is 50.9 Å². The average Bonchev–Trinajstić information content (AvgIpc) is 2.33. The summed E-state index contributed by atoms with van der Waals surface area (Å²) in [6.45, 7) is 1.71. The number of benzene rings is 1. The highest BCUT2D eigenvalue weighted by molar-refractivity contribution is 5.61. The first-order valence-electron chi connectivity index (χ1n) is 5.11. The molecule has 0 bridgehead atoms. The molecule has 0 aliphatic carbocycles. The summed E-state index contributed by atoms with van der Waals surface area (Å²) in [5, 5.41) is 2.59. The molecule has 0 saturated heterocycles. The zero-order valence-corrected chi connectivity index (χ0v) is 9.47. The Morgan fingerprint density at radius 3 is 2.56 bits per heavy atom. The molecule has 3 N–H and O–H groups in total. The van der Waals surface area contributed by atoms with Gasteiger partial charge in [0.2, 0.25) is 0 Å². The second-order valence-electron chi connectivity index (χ2n) is 3.78. The first-order valence-corrected chi connectivity index (χ1v) is 5.11. The zero-order valence-electron chi connectivity index (χ0n) is 9.47. The van der Waals surface area contributed by atoms with Crippen LogP contribution in [0.3, 0.4) is 0 Å². The second-order valence-corrected chi connectivity index (χ2v) is 3.78. The van der Waals surface area contributed by atoms with E-state index in [1.165, 1.54) is 6.20 Å². The van der Waals surface area contributed by atoms with E-state index in [-0.39, 0.29) is 5.69 Å². The highest BCUT2D eigenvalue weighted by Crippen LogP contribution is 2.24. The Bertz CT molecular complexity index is 599. The minimum atomic E-state index is -1.52. The van der Waals surface area contributed by atoms with Crippen LogP contribution >= 0.6 is 0 Å². The van der Waals surface area contributed by atoms with Gasteiger partial charge in [-0.2, -0.15) is 0 Å². The third kappa shape index (κ3) is 2.22. The molecule has 0 radical (unpaired) electrons. The van der Waals surface area contributed by atoms with Gasteiger partial charge < -0.3 is 11.1 Å². The molecule has 3 nitrogen and oxygen atoms in total. The molecule has 2 rings (SSSR count). The van der Waals surface area contributed by atoms with E-state index in [4.69, 9.17) is 5.73 Å². The lowest BCUT2D eigenvalue weighted by Crippen LogP contribution is -2.02. The smallest absolute Gasteiger partial charge is 0.196 e. The molecule has 1 heterocycles. The number of nitrogens with zero attached hydrogens (tertiary/aromatic N) is 1. The highest BCUT2D eigenvalue weighted by atomic mass is 19.2. The van der Waals surface area contributed by atoms with Crippen molar-refractivity contribution in [2.75, 3.05) is 11.1 Å². The van der Waals surface area contributed by atoms with Gasteiger partial charge in [0, 0.05) is 0 Å². The molecule has 2 aromatic rings. The van der Waals surface area contributed by atoms with E-state index in [0.29, 0.717) is 17.1 Å². The Morgan fingerprint density at radius 1 is 1.17 bits per heavy atom. The summed E-state index contributed by atoms with van der Waals surface area (Å²) in [4.78, 5) is 3.95. The number of nitrogens with two attached hydrogens (primary N) is 1. The zero-order chi connectivity index (χ0) is 13.3. The molecule has 0 fully saturated rings. The summed E-state index contributed by atoms with van der Waals surface area (Å²) >= 11 is 0. The van der Waals surface area contributed by atoms with Gasteiger partial charge in [0.05, 0.1) is 17.6 Å². The number of nitrogens with one attached hydrogen (secondary N) is 1. The lowest BCUT2D eigenvalue weighted by atomic mass is 10.2. The average molecular weight is 253 g/mol. The van der Waals surface area contributed by atoms with Crippen molar-refractivity contribution in [3.05, 3.63) is 47.4 Å². The minimum absolute atomic E-state index is 0.186. The normalized spacial score (nSPS) is 10.4. The number of aryl methyl sites for hydroxylation is 1. The predicted molar refractivity (Wildman–Crippen MR) is 63.0 cm³/mol. The van der Waals surface area contributed by atoms with Gasteiger partial charge in [-0.25, -0.2) is 18.2 Å². The van der Waals surface area contributed by atoms with E-state index in [0.717, 1.165) is 12.1 Å². The van der Waals surface area contributed by atoms with Crippen molar-refractivity contribution in [1.29, 1.82) is 0 Å². The van der Waals surface area contributed by atoms with Gasteiger partial charge in [0.25, 0.3) is 0 Å². The number of halogens is 3. The molecule has 0 amide bonds. The van der Waals surface area contributed by atoms with E-state index in [9.17, 15) is 13.2 Å². The van der Waals surface area contributed by atoms with E-state index >= 15 is 0 Å². The molecule has 1 aromatic heterocycles. The van der Waals surface area contributed by atoms with Gasteiger partial charge in [-0.1, -0.05) is 0 Å².